The molecule has 2 aliphatic rings. The van der Waals surface area contributed by atoms with E-state index in [9.17, 15) is 0 Å². The van der Waals surface area contributed by atoms with Crippen LogP contribution in [-0.4, -0.2) is 19.1 Å². The fourth-order valence-corrected chi connectivity index (χ4v) is 8.35. The summed E-state index contributed by atoms with van der Waals surface area (Å²) in [5.74, 6) is 0.163. The Morgan fingerprint density at radius 2 is 1.33 bits per heavy atom. The van der Waals surface area contributed by atoms with E-state index in [0.29, 0.717) is 0 Å². The van der Waals surface area contributed by atoms with Gasteiger partial charge in [-0.2, -0.15) is 24.3 Å². The molecule has 0 bridgehead atoms. The minimum atomic E-state index is 0. The number of rotatable bonds is 3. The number of benzene rings is 5. The predicted octanol–water partition coefficient (Wildman–Crippen LogP) is 10.5. The van der Waals surface area contributed by atoms with Gasteiger partial charge in [0.05, 0.1) is 28.3 Å². The minimum absolute atomic E-state index is 0. The molecule has 0 N–H and O–H groups in total. The largest absolute Gasteiger partial charge is 2.00 e. The van der Waals surface area contributed by atoms with Crippen LogP contribution in [0, 0.1) is 12.1 Å². The summed E-state index contributed by atoms with van der Waals surface area (Å²) in [6.07, 6.45) is 9.09. The first-order valence-corrected chi connectivity index (χ1v) is 16.4. The van der Waals surface area contributed by atoms with E-state index in [1.165, 1.54) is 32.8 Å². The van der Waals surface area contributed by atoms with Crippen LogP contribution in [0.25, 0.3) is 82.8 Å². The van der Waals surface area contributed by atoms with Crippen LogP contribution in [-0.2, 0) is 21.1 Å². The number of hydrogen-bond donors (Lipinski definition) is 0. The standard InChI is InChI=1S/C44H26N4.Pt/c1-3-13-27(14-4-1)34-25-24-33-39-31-18-8-11-21-37(31)48-38-22-12-9-19-32(38)40(43(39)48)41(42(33)45-34)35-26-23-30-29-17-7-10-20-36(29)47(44(30)46-35)28-15-5-2-6-16-28;/h1-13,15,17-26,32,38H;/q-2;+2. The van der Waals surface area contributed by atoms with Gasteiger partial charge in [0.25, 0.3) is 0 Å². The molecule has 0 saturated carbocycles. The fraction of sp³-hybridized carbons (Fsp3) is 0.0455. The van der Waals surface area contributed by atoms with Crippen LogP contribution in [0.5, 0.6) is 0 Å². The van der Waals surface area contributed by atoms with Crippen molar-refractivity contribution in [3.63, 3.8) is 0 Å². The second-order valence-corrected chi connectivity index (χ2v) is 12.7. The number of pyridine rings is 2. The third-order valence-electron chi connectivity index (χ3n) is 10.3. The first-order valence-electron chi connectivity index (χ1n) is 16.4. The maximum absolute atomic E-state index is 5.59. The van der Waals surface area contributed by atoms with Gasteiger partial charge in [0.1, 0.15) is 5.65 Å². The van der Waals surface area contributed by atoms with Crippen molar-refractivity contribution in [3.05, 3.63) is 163 Å². The van der Waals surface area contributed by atoms with Crippen LogP contribution in [0.3, 0.4) is 0 Å². The zero-order chi connectivity index (χ0) is 31.3. The van der Waals surface area contributed by atoms with Crippen molar-refractivity contribution in [1.82, 2.24) is 19.1 Å². The van der Waals surface area contributed by atoms with Crippen LogP contribution >= 0.6 is 0 Å². The van der Waals surface area contributed by atoms with Crippen molar-refractivity contribution in [2.45, 2.75) is 12.0 Å². The molecule has 4 aromatic heterocycles. The summed E-state index contributed by atoms with van der Waals surface area (Å²) in [4.78, 5) is 11.1. The average Bonchev–Trinajstić information content (AvgIpc) is 3.79. The van der Waals surface area contributed by atoms with Crippen molar-refractivity contribution >= 4 is 54.6 Å². The molecule has 0 spiro atoms. The third kappa shape index (κ3) is 3.90. The Kier molecular flexibility index (Phi) is 6.22. The van der Waals surface area contributed by atoms with E-state index >= 15 is 0 Å². The monoisotopic (exact) mass is 805 g/mol. The molecular weight excluding hydrogens is 780 g/mol. The molecule has 5 heteroatoms. The van der Waals surface area contributed by atoms with Gasteiger partial charge in [0, 0.05) is 43.9 Å². The first kappa shape index (κ1) is 28.4. The second-order valence-electron chi connectivity index (χ2n) is 12.7. The van der Waals surface area contributed by atoms with E-state index in [4.69, 9.17) is 9.97 Å². The van der Waals surface area contributed by atoms with Gasteiger partial charge in [-0.1, -0.05) is 78.5 Å². The maximum atomic E-state index is 5.59. The quantitative estimate of drug-likeness (QED) is 0.167. The predicted molar refractivity (Wildman–Crippen MR) is 195 cm³/mol. The van der Waals surface area contributed by atoms with E-state index in [2.05, 4.69) is 137 Å². The molecule has 0 fully saturated rings. The summed E-state index contributed by atoms with van der Waals surface area (Å²) >= 11 is 0. The van der Waals surface area contributed by atoms with Gasteiger partial charge in [-0.3, -0.25) is 4.98 Å². The van der Waals surface area contributed by atoms with Crippen LogP contribution < -0.4 is 0 Å². The van der Waals surface area contributed by atoms with Gasteiger partial charge >= 0.3 is 21.1 Å². The number of allylic oxidation sites excluding steroid dienone is 4. The molecule has 2 atom stereocenters. The van der Waals surface area contributed by atoms with Crippen LogP contribution in [0.4, 0.5) is 0 Å². The third-order valence-corrected chi connectivity index (χ3v) is 10.3. The van der Waals surface area contributed by atoms with Gasteiger partial charge in [-0.25, -0.2) is 4.98 Å². The van der Waals surface area contributed by atoms with Crippen LogP contribution in [0.1, 0.15) is 17.5 Å². The summed E-state index contributed by atoms with van der Waals surface area (Å²) in [6.45, 7) is 0. The fourth-order valence-electron chi connectivity index (χ4n) is 8.35. The van der Waals surface area contributed by atoms with E-state index in [0.717, 1.165) is 55.7 Å². The Bertz CT molecular complexity index is 2840. The second kappa shape index (κ2) is 10.7. The summed E-state index contributed by atoms with van der Waals surface area (Å²) in [5, 5.41) is 5.96. The normalized spacial score (nSPS) is 16.2. The van der Waals surface area contributed by atoms with E-state index in [1.807, 2.05) is 30.3 Å². The molecule has 5 aromatic carbocycles. The zero-order valence-electron chi connectivity index (χ0n) is 26.1. The van der Waals surface area contributed by atoms with Gasteiger partial charge in [0.2, 0.25) is 0 Å². The Morgan fingerprint density at radius 1 is 0.592 bits per heavy atom. The van der Waals surface area contributed by atoms with E-state index in [1.54, 1.807) is 0 Å². The SMILES string of the molecule is [Pt+2].[c-]1ccccc1-c1ccc2c(n1)c(-c1ccc3c4ccccc4n(-c4[c-]cccc4)c3n1)c1c3c2c2ccccc2n3C2C=CC=CC12. The molecule has 2 unspecified atom stereocenters. The number of para-hydroxylation sites is 3. The molecule has 11 rings (SSSR count). The summed E-state index contributed by atoms with van der Waals surface area (Å²) in [6, 6.07) is 49.5. The van der Waals surface area contributed by atoms with Crippen molar-refractivity contribution in [2.24, 2.45) is 0 Å². The Labute approximate surface area is 296 Å². The van der Waals surface area contributed by atoms with Crippen molar-refractivity contribution in [3.8, 4) is 28.2 Å². The zero-order valence-corrected chi connectivity index (χ0v) is 28.4. The molecule has 0 radical (unpaired) electrons. The number of hydrogen-bond acceptors (Lipinski definition) is 2. The Hall–Kier alpha value is -5.57. The van der Waals surface area contributed by atoms with Crippen LogP contribution in [0.15, 0.2) is 146 Å². The number of fused-ring (bicyclic) bond motifs is 11. The smallest absolute Gasteiger partial charge is 0.332 e. The van der Waals surface area contributed by atoms with Crippen molar-refractivity contribution < 1.29 is 21.1 Å². The topological polar surface area (TPSA) is 35.6 Å². The minimum Gasteiger partial charge on any atom is -0.332 e. The van der Waals surface area contributed by atoms with Crippen LogP contribution in [0.2, 0.25) is 0 Å². The first-order chi connectivity index (χ1) is 23.8. The molecule has 49 heavy (non-hydrogen) atoms. The molecule has 0 saturated heterocycles. The summed E-state index contributed by atoms with van der Waals surface area (Å²) < 4.78 is 4.80. The Morgan fingerprint density at radius 3 is 2.16 bits per heavy atom. The molecule has 9 aromatic rings. The molecule has 0 amide bonds. The van der Waals surface area contributed by atoms with Crippen molar-refractivity contribution in [1.29, 1.82) is 0 Å². The molecular formula is C44H26N4Pt. The molecule has 5 heterocycles. The maximum Gasteiger partial charge on any atom is 2.00 e. The van der Waals surface area contributed by atoms with Gasteiger partial charge in [-0.15, -0.1) is 42.0 Å². The Balaban J connectivity index is 0.00000306. The summed E-state index contributed by atoms with van der Waals surface area (Å²) in [5.41, 5.74) is 11.7. The van der Waals surface area contributed by atoms with Gasteiger partial charge < -0.3 is 9.13 Å². The van der Waals surface area contributed by atoms with E-state index < -0.39 is 0 Å². The van der Waals surface area contributed by atoms with E-state index in [-0.39, 0.29) is 33.0 Å². The van der Waals surface area contributed by atoms with Gasteiger partial charge in [-0.05, 0) is 35.5 Å². The molecule has 1 aliphatic heterocycles. The number of nitrogens with zero attached hydrogens (tertiary/aromatic N) is 4. The average molecular weight is 806 g/mol. The molecule has 4 nitrogen and oxygen atoms in total. The van der Waals surface area contributed by atoms with Crippen molar-refractivity contribution in [2.75, 3.05) is 0 Å². The summed E-state index contributed by atoms with van der Waals surface area (Å²) in [7, 11) is 0. The molecule has 232 valence electrons. The molecule has 1 aliphatic carbocycles. The van der Waals surface area contributed by atoms with Gasteiger partial charge in [0.15, 0.2) is 0 Å². The number of aromatic nitrogens is 4.